The standard InChI is InChI=1S/C20H28N6O2/c1-25(2)19-15-8-11-26(20(28)16(21)5-3-4-12-27)13-17(15)23-18(24-19)14-6-9-22-10-7-14/h6-7,9-10,16,27H,3-5,8,11-13,21H2,1-2H3/t16-/m0/s1. The summed E-state index contributed by atoms with van der Waals surface area (Å²) in [4.78, 5) is 30.1. The summed E-state index contributed by atoms with van der Waals surface area (Å²) in [5.41, 5.74) is 8.93. The Bertz CT molecular complexity index is 812. The van der Waals surface area contributed by atoms with E-state index in [0.29, 0.717) is 38.2 Å². The van der Waals surface area contributed by atoms with Gasteiger partial charge in [0.15, 0.2) is 5.82 Å². The van der Waals surface area contributed by atoms with Crippen LogP contribution in [0.4, 0.5) is 5.82 Å². The summed E-state index contributed by atoms with van der Waals surface area (Å²) < 4.78 is 0. The molecule has 0 aromatic carbocycles. The molecule has 0 aliphatic carbocycles. The molecule has 1 aliphatic rings. The number of aliphatic hydroxyl groups is 1. The summed E-state index contributed by atoms with van der Waals surface area (Å²) >= 11 is 0. The number of nitrogens with zero attached hydrogens (tertiary/aromatic N) is 5. The lowest BCUT2D eigenvalue weighted by Gasteiger charge is -2.32. The number of aliphatic hydroxyl groups excluding tert-OH is 1. The minimum absolute atomic E-state index is 0.0564. The van der Waals surface area contributed by atoms with Gasteiger partial charge >= 0.3 is 0 Å². The van der Waals surface area contributed by atoms with Crippen LogP contribution in [-0.2, 0) is 17.8 Å². The highest BCUT2D eigenvalue weighted by molar-refractivity contribution is 5.82. The van der Waals surface area contributed by atoms with Gasteiger partial charge < -0.3 is 20.6 Å². The van der Waals surface area contributed by atoms with Crippen LogP contribution >= 0.6 is 0 Å². The number of pyridine rings is 1. The number of nitrogens with two attached hydrogens (primary N) is 1. The van der Waals surface area contributed by atoms with Crippen LogP contribution in [0.2, 0.25) is 0 Å². The molecule has 2 aromatic rings. The van der Waals surface area contributed by atoms with E-state index in [-0.39, 0.29) is 12.5 Å². The molecule has 8 nitrogen and oxygen atoms in total. The van der Waals surface area contributed by atoms with Crippen molar-refractivity contribution in [3.8, 4) is 11.4 Å². The molecular weight excluding hydrogens is 356 g/mol. The average Bonchev–Trinajstić information content (AvgIpc) is 2.72. The van der Waals surface area contributed by atoms with Gasteiger partial charge in [-0.2, -0.15) is 0 Å². The van der Waals surface area contributed by atoms with Crippen molar-refractivity contribution in [2.75, 3.05) is 32.1 Å². The Balaban J connectivity index is 1.85. The predicted molar refractivity (Wildman–Crippen MR) is 108 cm³/mol. The van der Waals surface area contributed by atoms with E-state index in [1.54, 1.807) is 17.3 Å². The minimum Gasteiger partial charge on any atom is -0.396 e. The highest BCUT2D eigenvalue weighted by Crippen LogP contribution is 2.28. The molecule has 28 heavy (non-hydrogen) atoms. The fourth-order valence-electron chi connectivity index (χ4n) is 3.43. The van der Waals surface area contributed by atoms with Crippen molar-refractivity contribution in [2.45, 2.75) is 38.3 Å². The summed E-state index contributed by atoms with van der Waals surface area (Å²) in [5, 5.41) is 8.91. The number of rotatable bonds is 7. The number of amides is 1. The number of aromatic nitrogens is 3. The Kier molecular flexibility index (Phi) is 6.53. The van der Waals surface area contributed by atoms with Crippen molar-refractivity contribution in [2.24, 2.45) is 5.73 Å². The first-order valence-corrected chi connectivity index (χ1v) is 9.64. The first kappa shape index (κ1) is 20.2. The first-order valence-electron chi connectivity index (χ1n) is 9.64. The van der Waals surface area contributed by atoms with Crippen molar-refractivity contribution >= 4 is 11.7 Å². The minimum atomic E-state index is -0.539. The van der Waals surface area contributed by atoms with E-state index < -0.39 is 6.04 Å². The van der Waals surface area contributed by atoms with E-state index in [4.69, 9.17) is 20.8 Å². The molecule has 3 rings (SSSR count). The largest absolute Gasteiger partial charge is 0.396 e. The summed E-state index contributed by atoms with van der Waals surface area (Å²) in [5.74, 6) is 1.46. The number of fused-ring (bicyclic) bond motifs is 1. The van der Waals surface area contributed by atoms with E-state index in [9.17, 15) is 4.79 Å². The van der Waals surface area contributed by atoms with Crippen molar-refractivity contribution in [3.63, 3.8) is 0 Å². The van der Waals surface area contributed by atoms with Crippen LogP contribution in [0.3, 0.4) is 0 Å². The molecule has 0 radical (unpaired) electrons. The number of hydrogen-bond donors (Lipinski definition) is 2. The van der Waals surface area contributed by atoms with Gasteiger partial charge in [-0.25, -0.2) is 9.97 Å². The number of carbonyl (C=O) groups excluding carboxylic acids is 1. The summed E-state index contributed by atoms with van der Waals surface area (Å²) in [7, 11) is 3.93. The van der Waals surface area contributed by atoms with Crippen LogP contribution in [0.5, 0.6) is 0 Å². The Morgan fingerprint density at radius 3 is 2.71 bits per heavy atom. The molecule has 1 aliphatic heterocycles. The zero-order chi connectivity index (χ0) is 20.1. The maximum absolute atomic E-state index is 12.8. The maximum atomic E-state index is 12.8. The van der Waals surface area contributed by atoms with Gasteiger partial charge in [-0.1, -0.05) is 0 Å². The first-order chi connectivity index (χ1) is 13.5. The van der Waals surface area contributed by atoms with Crippen LogP contribution in [0, 0.1) is 0 Å². The Hall–Kier alpha value is -2.58. The van der Waals surface area contributed by atoms with E-state index in [2.05, 4.69) is 4.98 Å². The smallest absolute Gasteiger partial charge is 0.239 e. The van der Waals surface area contributed by atoms with E-state index in [0.717, 1.165) is 29.1 Å². The third-order valence-corrected chi connectivity index (χ3v) is 4.96. The van der Waals surface area contributed by atoms with Gasteiger partial charge in [0, 0.05) is 50.8 Å². The second-order valence-electron chi connectivity index (χ2n) is 7.26. The predicted octanol–water partition coefficient (Wildman–Crippen LogP) is 0.979. The van der Waals surface area contributed by atoms with Crippen molar-refractivity contribution in [1.29, 1.82) is 0 Å². The Labute approximate surface area is 165 Å². The van der Waals surface area contributed by atoms with Gasteiger partial charge in [-0.3, -0.25) is 9.78 Å². The normalized spacial score (nSPS) is 14.5. The molecule has 0 unspecified atom stereocenters. The van der Waals surface area contributed by atoms with E-state index in [1.165, 1.54) is 0 Å². The topological polar surface area (TPSA) is 108 Å². The van der Waals surface area contributed by atoms with Gasteiger partial charge in [0.25, 0.3) is 0 Å². The van der Waals surface area contributed by atoms with Crippen LogP contribution in [-0.4, -0.2) is 64.2 Å². The molecule has 0 spiro atoms. The zero-order valence-electron chi connectivity index (χ0n) is 16.5. The molecule has 0 saturated heterocycles. The van der Waals surface area contributed by atoms with Crippen molar-refractivity contribution < 1.29 is 9.90 Å². The van der Waals surface area contributed by atoms with E-state index >= 15 is 0 Å². The summed E-state index contributed by atoms with van der Waals surface area (Å²) in [6.45, 7) is 1.17. The molecule has 3 heterocycles. The molecule has 0 saturated carbocycles. The van der Waals surface area contributed by atoms with Gasteiger partial charge in [0.1, 0.15) is 5.82 Å². The summed E-state index contributed by atoms with van der Waals surface area (Å²) in [6, 6.07) is 3.22. The Morgan fingerprint density at radius 2 is 2.04 bits per heavy atom. The lowest BCUT2D eigenvalue weighted by atomic mass is 10.0. The highest BCUT2D eigenvalue weighted by Gasteiger charge is 2.28. The fourth-order valence-corrected chi connectivity index (χ4v) is 3.43. The number of carbonyl (C=O) groups is 1. The SMILES string of the molecule is CN(C)c1nc(-c2ccncc2)nc2c1CCN(C(=O)[C@@H](N)CCCCO)C2. The van der Waals surface area contributed by atoms with Gasteiger partial charge in [-0.05, 0) is 37.8 Å². The van der Waals surface area contributed by atoms with Gasteiger partial charge in [0.05, 0.1) is 18.3 Å². The van der Waals surface area contributed by atoms with Crippen LogP contribution < -0.4 is 10.6 Å². The number of hydrogen-bond acceptors (Lipinski definition) is 7. The third-order valence-electron chi connectivity index (χ3n) is 4.96. The highest BCUT2D eigenvalue weighted by atomic mass is 16.3. The fraction of sp³-hybridized carbons (Fsp3) is 0.500. The molecule has 2 aromatic heterocycles. The van der Waals surface area contributed by atoms with Crippen molar-refractivity contribution in [1.82, 2.24) is 19.9 Å². The van der Waals surface area contributed by atoms with Crippen LogP contribution in [0.25, 0.3) is 11.4 Å². The van der Waals surface area contributed by atoms with Crippen LogP contribution in [0.1, 0.15) is 30.5 Å². The molecule has 0 fully saturated rings. The molecule has 1 amide bonds. The quantitative estimate of drug-likeness (QED) is 0.685. The second-order valence-corrected chi connectivity index (χ2v) is 7.26. The number of unbranched alkanes of at least 4 members (excludes halogenated alkanes) is 1. The van der Waals surface area contributed by atoms with Gasteiger partial charge in [0.2, 0.25) is 5.91 Å². The van der Waals surface area contributed by atoms with Crippen LogP contribution in [0.15, 0.2) is 24.5 Å². The second kappa shape index (κ2) is 9.07. The average molecular weight is 384 g/mol. The van der Waals surface area contributed by atoms with E-state index in [1.807, 2.05) is 31.1 Å². The summed E-state index contributed by atoms with van der Waals surface area (Å²) in [6.07, 6.45) is 6.13. The molecule has 150 valence electrons. The molecule has 3 N–H and O–H groups in total. The number of anilines is 1. The van der Waals surface area contributed by atoms with Gasteiger partial charge in [-0.15, -0.1) is 0 Å². The lowest BCUT2D eigenvalue weighted by molar-refractivity contribution is -0.133. The maximum Gasteiger partial charge on any atom is 0.239 e. The molecule has 0 bridgehead atoms. The van der Waals surface area contributed by atoms with Crippen molar-refractivity contribution in [3.05, 3.63) is 35.8 Å². The molecule has 1 atom stereocenters. The zero-order valence-corrected chi connectivity index (χ0v) is 16.5. The molecular formula is C20H28N6O2. The monoisotopic (exact) mass is 384 g/mol. The Morgan fingerprint density at radius 1 is 1.29 bits per heavy atom. The third kappa shape index (κ3) is 4.45. The lowest BCUT2D eigenvalue weighted by Crippen LogP contribution is -2.46. The molecule has 8 heteroatoms.